The van der Waals surface area contributed by atoms with Gasteiger partial charge in [-0.2, -0.15) is 0 Å². The van der Waals surface area contributed by atoms with Crippen molar-refractivity contribution >= 4 is 23.3 Å². The lowest BCUT2D eigenvalue weighted by Gasteiger charge is -2.36. The summed E-state index contributed by atoms with van der Waals surface area (Å²) >= 11 is 0. The molecule has 1 saturated carbocycles. The van der Waals surface area contributed by atoms with E-state index in [0.29, 0.717) is 18.5 Å². The SMILES string of the molecule is CCCN1CCN(c2ccc(C(=O)N[C@H](C(=O)N3CC[C@H]4OCC(=O)[C@H]43)C3CCCC3)cc2)CC1. The Labute approximate surface area is 207 Å². The average molecular weight is 483 g/mol. The lowest BCUT2D eigenvalue weighted by Crippen LogP contribution is -2.54. The van der Waals surface area contributed by atoms with E-state index in [-0.39, 0.29) is 36.2 Å². The third-order valence-electron chi connectivity index (χ3n) is 8.23. The number of ketones is 1. The average Bonchev–Trinajstić information content (AvgIpc) is 3.63. The minimum absolute atomic E-state index is 0.0246. The van der Waals surface area contributed by atoms with Crippen molar-refractivity contribution in [2.24, 2.45) is 5.92 Å². The molecule has 8 nitrogen and oxygen atoms in total. The van der Waals surface area contributed by atoms with Gasteiger partial charge in [0.1, 0.15) is 18.7 Å². The molecule has 190 valence electrons. The molecule has 4 fully saturated rings. The van der Waals surface area contributed by atoms with Gasteiger partial charge in [-0.05, 0) is 62.4 Å². The second-order valence-electron chi connectivity index (χ2n) is 10.5. The molecule has 8 heteroatoms. The summed E-state index contributed by atoms with van der Waals surface area (Å²) in [4.78, 5) is 45.7. The van der Waals surface area contributed by atoms with E-state index in [1.807, 2.05) is 24.3 Å². The van der Waals surface area contributed by atoms with Crippen molar-refractivity contribution in [2.75, 3.05) is 50.8 Å². The van der Waals surface area contributed by atoms with Crippen molar-refractivity contribution in [1.29, 1.82) is 0 Å². The molecule has 3 aliphatic heterocycles. The van der Waals surface area contributed by atoms with Gasteiger partial charge >= 0.3 is 0 Å². The highest BCUT2D eigenvalue weighted by Gasteiger charge is 2.49. The fourth-order valence-electron chi connectivity index (χ4n) is 6.29. The first-order valence-electron chi connectivity index (χ1n) is 13.4. The van der Waals surface area contributed by atoms with E-state index in [4.69, 9.17) is 4.74 Å². The summed E-state index contributed by atoms with van der Waals surface area (Å²) in [7, 11) is 0. The number of anilines is 1. The van der Waals surface area contributed by atoms with Crippen molar-refractivity contribution in [3.8, 4) is 0 Å². The molecule has 3 heterocycles. The summed E-state index contributed by atoms with van der Waals surface area (Å²) in [6.45, 7) is 8.06. The number of ether oxygens (including phenoxy) is 1. The largest absolute Gasteiger partial charge is 0.369 e. The first-order chi connectivity index (χ1) is 17.0. The van der Waals surface area contributed by atoms with E-state index in [0.717, 1.165) is 64.1 Å². The second kappa shape index (κ2) is 10.7. The summed E-state index contributed by atoms with van der Waals surface area (Å²) in [5.74, 6) is -0.262. The number of hydrogen-bond acceptors (Lipinski definition) is 6. The van der Waals surface area contributed by atoms with Crippen LogP contribution >= 0.6 is 0 Å². The standard InChI is InChI=1S/C27H38N4O4/c1-2-12-29-14-16-30(17-15-29)21-9-7-20(8-10-21)26(33)28-24(19-5-3-4-6-19)27(34)31-13-11-23-25(31)22(32)18-35-23/h7-10,19,23-25H,2-6,11-18H2,1H3,(H,28,33)/t23-,24+,25-/m1/s1. The van der Waals surface area contributed by atoms with Crippen LogP contribution in [0.2, 0.25) is 0 Å². The number of Topliss-reactive ketones (excluding diaryl/α,β-unsaturated/α-hetero) is 1. The maximum atomic E-state index is 13.6. The van der Waals surface area contributed by atoms with Crippen LogP contribution in [-0.2, 0) is 14.3 Å². The Balaban J connectivity index is 1.25. The summed E-state index contributed by atoms with van der Waals surface area (Å²) in [5, 5.41) is 3.06. The van der Waals surface area contributed by atoms with Gasteiger partial charge in [0.15, 0.2) is 5.78 Å². The Morgan fingerprint density at radius 3 is 2.43 bits per heavy atom. The number of nitrogens with zero attached hydrogens (tertiary/aromatic N) is 3. The van der Waals surface area contributed by atoms with Crippen molar-refractivity contribution in [2.45, 2.75) is 63.6 Å². The Morgan fingerprint density at radius 1 is 1.03 bits per heavy atom. The third kappa shape index (κ3) is 5.09. The molecule has 3 saturated heterocycles. The van der Waals surface area contributed by atoms with Crippen molar-refractivity contribution in [3.63, 3.8) is 0 Å². The molecule has 1 aromatic rings. The van der Waals surface area contributed by atoms with E-state index in [2.05, 4.69) is 22.0 Å². The quantitative estimate of drug-likeness (QED) is 0.641. The zero-order valence-electron chi connectivity index (χ0n) is 20.8. The molecular formula is C27H38N4O4. The molecule has 35 heavy (non-hydrogen) atoms. The number of piperazine rings is 1. The van der Waals surface area contributed by atoms with Crippen molar-refractivity contribution in [3.05, 3.63) is 29.8 Å². The molecule has 5 rings (SSSR count). The van der Waals surface area contributed by atoms with Crippen LogP contribution in [0, 0.1) is 5.92 Å². The van der Waals surface area contributed by atoms with Gasteiger partial charge in [0.05, 0.1) is 6.10 Å². The first kappa shape index (κ1) is 24.3. The highest BCUT2D eigenvalue weighted by Crippen LogP contribution is 2.32. The fraction of sp³-hybridized carbons (Fsp3) is 0.667. The number of hydrogen-bond donors (Lipinski definition) is 1. The van der Waals surface area contributed by atoms with Gasteiger partial charge in [-0.3, -0.25) is 19.3 Å². The van der Waals surface area contributed by atoms with E-state index in [1.165, 1.54) is 6.42 Å². The molecule has 1 aliphatic carbocycles. The number of likely N-dealkylation sites (tertiary alicyclic amines) is 1. The molecule has 0 bridgehead atoms. The van der Waals surface area contributed by atoms with E-state index in [9.17, 15) is 14.4 Å². The fourth-order valence-corrected chi connectivity index (χ4v) is 6.29. The molecule has 0 radical (unpaired) electrons. The van der Waals surface area contributed by atoms with Crippen molar-refractivity contribution < 1.29 is 19.1 Å². The van der Waals surface area contributed by atoms with Gasteiger partial charge in [0.2, 0.25) is 5.91 Å². The van der Waals surface area contributed by atoms with E-state index >= 15 is 0 Å². The Morgan fingerprint density at radius 2 is 1.74 bits per heavy atom. The predicted octanol–water partition coefficient (Wildman–Crippen LogP) is 2.08. The lowest BCUT2D eigenvalue weighted by atomic mass is 9.95. The second-order valence-corrected chi connectivity index (χ2v) is 10.5. The highest BCUT2D eigenvalue weighted by molar-refractivity contribution is 5.99. The van der Waals surface area contributed by atoms with Crippen LogP contribution in [-0.4, -0.2) is 91.5 Å². The zero-order valence-corrected chi connectivity index (χ0v) is 20.8. The number of nitrogens with one attached hydrogen (secondary N) is 1. The predicted molar refractivity (Wildman–Crippen MR) is 133 cm³/mol. The van der Waals surface area contributed by atoms with E-state index < -0.39 is 12.1 Å². The number of fused-ring (bicyclic) bond motifs is 1. The smallest absolute Gasteiger partial charge is 0.251 e. The molecule has 4 aliphatic rings. The molecular weight excluding hydrogens is 444 g/mol. The minimum Gasteiger partial charge on any atom is -0.369 e. The Bertz CT molecular complexity index is 922. The number of carbonyl (C=O) groups excluding carboxylic acids is 3. The molecule has 2 amide bonds. The van der Waals surface area contributed by atoms with E-state index in [1.54, 1.807) is 4.90 Å². The minimum atomic E-state index is -0.594. The number of rotatable bonds is 7. The molecule has 0 aromatic heterocycles. The topological polar surface area (TPSA) is 82.2 Å². The number of benzene rings is 1. The van der Waals surface area contributed by atoms with Gasteiger partial charge in [0.25, 0.3) is 5.91 Å². The van der Waals surface area contributed by atoms with Crippen LogP contribution in [0.4, 0.5) is 5.69 Å². The summed E-state index contributed by atoms with van der Waals surface area (Å²) < 4.78 is 5.57. The van der Waals surface area contributed by atoms with Gasteiger partial charge < -0.3 is 19.9 Å². The maximum Gasteiger partial charge on any atom is 0.251 e. The monoisotopic (exact) mass is 482 g/mol. The van der Waals surface area contributed by atoms with Gasteiger partial charge in [-0.1, -0.05) is 19.8 Å². The highest BCUT2D eigenvalue weighted by atomic mass is 16.5. The van der Waals surface area contributed by atoms with Crippen molar-refractivity contribution in [1.82, 2.24) is 15.1 Å². The zero-order chi connectivity index (χ0) is 24.4. The van der Waals surface area contributed by atoms with Crippen LogP contribution in [0.15, 0.2) is 24.3 Å². The maximum absolute atomic E-state index is 13.6. The summed E-state index contributed by atoms with van der Waals surface area (Å²) in [6.07, 6.45) is 5.65. The summed E-state index contributed by atoms with van der Waals surface area (Å²) in [6, 6.07) is 6.66. The number of carbonyl (C=O) groups is 3. The van der Waals surface area contributed by atoms with Gasteiger partial charge in [-0.15, -0.1) is 0 Å². The first-order valence-corrected chi connectivity index (χ1v) is 13.4. The van der Waals surface area contributed by atoms with Crippen LogP contribution in [0.25, 0.3) is 0 Å². The molecule has 1 aromatic carbocycles. The lowest BCUT2D eigenvalue weighted by molar-refractivity contribution is -0.139. The van der Waals surface area contributed by atoms with Crippen LogP contribution in [0.3, 0.4) is 0 Å². The normalized spacial score (nSPS) is 26.3. The van der Waals surface area contributed by atoms with Gasteiger partial charge in [-0.25, -0.2) is 0 Å². The molecule has 3 atom stereocenters. The Kier molecular flexibility index (Phi) is 7.39. The van der Waals surface area contributed by atoms with Gasteiger partial charge in [0, 0.05) is 44.0 Å². The van der Waals surface area contributed by atoms with Crippen LogP contribution in [0.5, 0.6) is 0 Å². The van der Waals surface area contributed by atoms with Crippen LogP contribution in [0.1, 0.15) is 55.8 Å². The Hall–Kier alpha value is -2.45. The third-order valence-corrected chi connectivity index (χ3v) is 8.23. The number of amides is 2. The molecule has 0 spiro atoms. The molecule has 1 N–H and O–H groups in total. The van der Waals surface area contributed by atoms with Crippen LogP contribution < -0.4 is 10.2 Å². The summed E-state index contributed by atoms with van der Waals surface area (Å²) in [5.41, 5.74) is 1.69. The molecule has 0 unspecified atom stereocenters.